The first-order chi connectivity index (χ1) is 14.3. The van der Waals surface area contributed by atoms with Crippen molar-refractivity contribution in [1.82, 2.24) is 0 Å². The fourth-order valence-electron chi connectivity index (χ4n) is 2.73. The number of ether oxygens (including phenoxy) is 1. The summed E-state index contributed by atoms with van der Waals surface area (Å²) in [6, 6.07) is 21.3. The van der Waals surface area contributed by atoms with Gasteiger partial charge in [0, 0.05) is 0 Å². The Morgan fingerprint density at radius 3 is 2.33 bits per heavy atom. The van der Waals surface area contributed by atoms with E-state index in [0.29, 0.717) is 14.7 Å². The van der Waals surface area contributed by atoms with Crippen molar-refractivity contribution in [3.8, 4) is 17.6 Å². The van der Waals surface area contributed by atoms with Crippen molar-refractivity contribution in [3.63, 3.8) is 0 Å². The van der Waals surface area contributed by atoms with Gasteiger partial charge < -0.3 is 8.92 Å². The molecule has 7 heteroatoms. The SMILES string of the molecule is COc1cc(/C=C(\C#N)c2ccccc2)cc(I)c1OS(=O)(=O)c1ccc(C)cc1. The molecule has 0 aliphatic carbocycles. The minimum atomic E-state index is -4.02. The molecule has 0 fully saturated rings. The third-order valence-electron chi connectivity index (χ3n) is 4.27. The van der Waals surface area contributed by atoms with Crippen LogP contribution < -0.4 is 8.92 Å². The second-order valence-corrected chi connectivity index (χ2v) is 9.13. The molecule has 0 aliphatic rings. The van der Waals surface area contributed by atoms with Crippen molar-refractivity contribution in [1.29, 1.82) is 5.26 Å². The minimum Gasteiger partial charge on any atom is -0.493 e. The molecule has 3 aromatic rings. The summed E-state index contributed by atoms with van der Waals surface area (Å²) in [6.45, 7) is 1.88. The van der Waals surface area contributed by atoms with Gasteiger partial charge in [-0.2, -0.15) is 13.7 Å². The molecule has 3 rings (SSSR count). The molecule has 0 atom stereocenters. The highest BCUT2D eigenvalue weighted by Gasteiger charge is 2.22. The average Bonchev–Trinajstić information content (AvgIpc) is 2.74. The molecular weight excluding hydrogens is 513 g/mol. The van der Waals surface area contributed by atoms with Gasteiger partial charge in [0.2, 0.25) is 0 Å². The number of allylic oxidation sites excluding steroid dienone is 1. The van der Waals surface area contributed by atoms with E-state index in [9.17, 15) is 13.7 Å². The summed E-state index contributed by atoms with van der Waals surface area (Å²) in [5, 5.41) is 9.53. The summed E-state index contributed by atoms with van der Waals surface area (Å²) in [5.74, 6) is 0.364. The van der Waals surface area contributed by atoms with Crippen LogP contribution >= 0.6 is 22.6 Å². The number of hydrogen-bond acceptors (Lipinski definition) is 5. The van der Waals surface area contributed by atoms with E-state index in [1.54, 1.807) is 30.3 Å². The third kappa shape index (κ3) is 5.01. The predicted molar refractivity (Wildman–Crippen MR) is 125 cm³/mol. The monoisotopic (exact) mass is 531 g/mol. The van der Waals surface area contributed by atoms with Crippen molar-refractivity contribution in [2.75, 3.05) is 7.11 Å². The van der Waals surface area contributed by atoms with Crippen LogP contribution in [0.15, 0.2) is 71.6 Å². The maximum Gasteiger partial charge on any atom is 0.339 e. The van der Waals surface area contributed by atoms with E-state index in [1.165, 1.54) is 19.2 Å². The molecule has 0 N–H and O–H groups in total. The molecule has 0 unspecified atom stereocenters. The maximum atomic E-state index is 12.7. The van der Waals surface area contributed by atoms with Gasteiger partial charge in [0.05, 0.1) is 22.3 Å². The second-order valence-electron chi connectivity index (χ2n) is 6.42. The van der Waals surface area contributed by atoms with E-state index in [1.807, 2.05) is 59.8 Å². The third-order valence-corrected chi connectivity index (χ3v) is 6.31. The van der Waals surface area contributed by atoms with Gasteiger partial charge in [0.15, 0.2) is 11.5 Å². The fraction of sp³-hybridized carbons (Fsp3) is 0.0870. The van der Waals surface area contributed by atoms with Gasteiger partial charge in [-0.15, -0.1) is 0 Å². The first kappa shape index (κ1) is 21.9. The molecular formula is C23H18INO4S. The summed E-state index contributed by atoms with van der Waals surface area (Å²) >= 11 is 1.99. The Labute approximate surface area is 189 Å². The van der Waals surface area contributed by atoms with Gasteiger partial charge in [0.25, 0.3) is 0 Å². The van der Waals surface area contributed by atoms with Crippen molar-refractivity contribution in [2.24, 2.45) is 0 Å². The normalized spacial score (nSPS) is 11.6. The van der Waals surface area contributed by atoms with Crippen molar-refractivity contribution in [2.45, 2.75) is 11.8 Å². The second kappa shape index (κ2) is 9.32. The van der Waals surface area contributed by atoms with Crippen LogP contribution in [-0.2, 0) is 10.1 Å². The summed E-state index contributed by atoms with van der Waals surface area (Å²) in [5.41, 5.74) is 2.91. The Kier molecular flexibility index (Phi) is 6.80. The summed E-state index contributed by atoms with van der Waals surface area (Å²) in [7, 11) is -2.58. The van der Waals surface area contributed by atoms with E-state index in [0.717, 1.165) is 11.1 Å². The van der Waals surface area contributed by atoms with E-state index < -0.39 is 10.1 Å². The van der Waals surface area contributed by atoms with E-state index >= 15 is 0 Å². The van der Waals surface area contributed by atoms with Gasteiger partial charge in [-0.05, 0) is 71.0 Å². The van der Waals surface area contributed by atoms with Crippen LogP contribution in [0.1, 0.15) is 16.7 Å². The van der Waals surface area contributed by atoms with Crippen LogP contribution in [0.5, 0.6) is 11.5 Å². The lowest BCUT2D eigenvalue weighted by Crippen LogP contribution is -2.11. The van der Waals surface area contributed by atoms with E-state index in [-0.39, 0.29) is 16.4 Å². The van der Waals surface area contributed by atoms with Gasteiger partial charge in [-0.1, -0.05) is 48.0 Å². The first-order valence-corrected chi connectivity index (χ1v) is 11.4. The number of hydrogen-bond donors (Lipinski definition) is 0. The van der Waals surface area contributed by atoms with Crippen LogP contribution in [0.2, 0.25) is 0 Å². The number of benzene rings is 3. The molecule has 0 amide bonds. The highest BCUT2D eigenvalue weighted by atomic mass is 127. The van der Waals surface area contributed by atoms with Crippen LogP contribution in [0.3, 0.4) is 0 Å². The Morgan fingerprint density at radius 1 is 1.07 bits per heavy atom. The molecule has 30 heavy (non-hydrogen) atoms. The van der Waals surface area contributed by atoms with Gasteiger partial charge in [0.1, 0.15) is 4.90 Å². The van der Waals surface area contributed by atoms with Gasteiger partial charge in [-0.25, -0.2) is 0 Å². The van der Waals surface area contributed by atoms with Crippen LogP contribution in [0.4, 0.5) is 0 Å². The Balaban J connectivity index is 2.00. The molecule has 3 aromatic carbocycles. The Hall–Kier alpha value is -2.83. The number of methoxy groups -OCH3 is 1. The number of nitriles is 1. The molecule has 0 spiro atoms. The molecule has 0 bridgehead atoms. The van der Waals surface area contributed by atoms with Crippen LogP contribution in [-0.4, -0.2) is 15.5 Å². The molecule has 0 saturated carbocycles. The van der Waals surface area contributed by atoms with Crippen molar-refractivity contribution in [3.05, 3.63) is 87.0 Å². The molecule has 0 saturated heterocycles. The predicted octanol–water partition coefficient (Wildman–Crippen LogP) is 5.44. The van der Waals surface area contributed by atoms with E-state index in [2.05, 4.69) is 6.07 Å². The molecule has 0 radical (unpaired) electrons. The summed E-state index contributed by atoms with van der Waals surface area (Å²) in [4.78, 5) is 0.0609. The van der Waals surface area contributed by atoms with Crippen molar-refractivity contribution < 1.29 is 17.3 Å². The van der Waals surface area contributed by atoms with Crippen LogP contribution in [0.25, 0.3) is 11.6 Å². The van der Waals surface area contributed by atoms with E-state index in [4.69, 9.17) is 8.92 Å². The van der Waals surface area contributed by atoms with Gasteiger partial charge >= 0.3 is 10.1 Å². The number of rotatable bonds is 6. The zero-order valence-electron chi connectivity index (χ0n) is 16.3. The van der Waals surface area contributed by atoms with Gasteiger partial charge in [-0.3, -0.25) is 0 Å². The zero-order valence-corrected chi connectivity index (χ0v) is 19.3. The Bertz CT molecular complexity index is 1230. The van der Waals surface area contributed by atoms with Crippen LogP contribution in [0, 0.1) is 21.8 Å². The average molecular weight is 531 g/mol. The topological polar surface area (TPSA) is 76.4 Å². The summed E-state index contributed by atoms with van der Waals surface area (Å²) < 4.78 is 36.7. The number of aryl methyl sites for hydroxylation is 1. The standard InChI is InChI=1S/C23H18INO4S/c1-16-8-10-20(11-9-16)30(26,27)29-23-21(24)13-17(14-22(23)28-2)12-19(15-25)18-6-4-3-5-7-18/h3-14H,1-2H3/b19-12+. The number of halogens is 1. The first-order valence-electron chi connectivity index (χ1n) is 8.90. The molecule has 0 aromatic heterocycles. The molecule has 152 valence electrons. The highest BCUT2D eigenvalue weighted by molar-refractivity contribution is 14.1. The quantitative estimate of drug-likeness (QED) is 0.183. The highest BCUT2D eigenvalue weighted by Crippen LogP contribution is 2.37. The lowest BCUT2D eigenvalue weighted by atomic mass is 10.0. The van der Waals surface area contributed by atoms with Crippen molar-refractivity contribution >= 4 is 44.4 Å². The maximum absolute atomic E-state index is 12.7. The largest absolute Gasteiger partial charge is 0.493 e. The molecule has 0 aliphatic heterocycles. The Morgan fingerprint density at radius 2 is 1.73 bits per heavy atom. The fourth-order valence-corrected chi connectivity index (χ4v) is 4.57. The number of nitrogens with zero attached hydrogens (tertiary/aromatic N) is 1. The minimum absolute atomic E-state index is 0.0609. The molecule has 5 nitrogen and oxygen atoms in total. The molecule has 0 heterocycles. The summed E-state index contributed by atoms with van der Waals surface area (Å²) in [6.07, 6.45) is 1.72. The zero-order chi connectivity index (χ0) is 21.7. The smallest absolute Gasteiger partial charge is 0.339 e. The lowest BCUT2D eigenvalue weighted by molar-refractivity contribution is 0.389. The lowest BCUT2D eigenvalue weighted by Gasteiger charge is -2.14.